The lowest BCUT2D eigenvalue weighted by molar-refractivity contribution is -0.147. The molecule has 0 saturated carbocycles. The molecule has 1 aromatic rings. The summed E-state index contributed by atoms with van der Waals surface area (Å²) in [6.07, 6.45) is 0.469. The van der Waals surface area contributed by atoms with Crippen molar-refractivity contribution in [2.75, 3.05) is 7.05 Å². The molecule has 1 heterocycles. The van der Waals surface area contributed by atoms with E-state index in [0.29, 0.717) is 0 Å². The Balaban J connectivity index is 2.09. The molecule has 1 atom stereocenters. The fourth-order valence-electron chi connectivity index (χ4n) is 1.95. The Labute approximate surface area is 120 Å². The van der Waals surface area contributed by atoms with Crippen molar-refractivity contribution in [1.82, 2.24) is 10.2 Å². The summed E-state index contributed by atoms with van der Waals surface area (Å²) in [4.78, 5) is 36.2. The van der Waals surface area contributed by atoms with Crippen LogP contribution in [-0.2, 0) is 9.59 Å². The van der Waals surface area contributed by atoms with Crippen molar-refractivity contribution >= 4 is 30.4 Å². The van der Waals surface area contributed by atoms with Crippen LogP contribution in [0.5, 0.6) is 0 Å². The topological polar surface area (TPSA) is 66.5 Å². The maximum Gasteiger partial charge on any atom is 0.251 e. The van der Waals surface area contributed by atoms with Gasteiger partial charge in [-0.15, -0.1) is 12.6 Å². The molecule has 0 radical (unpaired) electrons. The fourth-order valence-corrected chi connectivity index (χ4v) is 2.16. The minimum atomic E-state index is -0.737. The van der Waals surface area contributed by atoms with Gasteiger partial charge in [0.25, 0.3) is 11.8 Å². The highest BCUT2D eigenvalue weighted by molar-refractivity contribution is 7.80. The molecule has 1 aliphatic rings. The molecule has 0 bridgehead atoms. The van der Waals surface area contributed by atoms with E-state index in [1.54, 1.807) is 0 Å². The zero-order chi connectivity index (χ0) is 14.9. The van der Waals surface area contributed by atoms with Crippen LogP contribution in [0.1, 0.15) is 23.2 Å². The van der Waals surface area contributed by atoms with Crippen molar-refractivity contribution in [3.05, 3.63) is 29.6 Å². The van der Waals surface area contributed by atoms with Crippen LogP contribution in [0, 0.1) is 5.82 Å². The fraction of sp³-hybridized carbons (Fsp3) is 0.308. The maximum absolute atomic E-state index is 13.1. The van der Waals surface area contributed by atoms with Gasteiger partial charge in [-0.25, -0.2) is 4.39 Å². The number of imide groups is 1. The van der Waals surface area contributed by atoms with Gasteiger partial charge < -0.3 is 5.32 Å². The number of piperidine rings is 1. The van der Waals surface area contributed by atoms with Crippen LogP contribution in [0.3, 0.4) is 0 Å². The van der Waals surface area contributed by atoms with Gasteiger partial charge in [0, 0.05) is 23.9 Å². The zero-order valence-electron chi connectivity index (χ0n) is 10.7. The number of likely N-dealkylation sites (N-methyl/N-ethyl adjacent to an activating group) is 1. The van der Waals surface area contributed by atoms with E-state index in [1.807, 2.05) is 0 Å². The minimum absolute atomic E-state index is 0.0555. The van der Waals surface area contributed by atoms with Crippen molar-refractivity contribution in [1.29, 1.82) is 0 Å². The van der Waals surface area contributed by atoms with Crippen molar-refractivity contribution in [3.8, 4) is 0 Å². The van der Waals surface area contributed by atoms with Crippen LogP contribution in [0.4, 0.5) is 4.39 Å². The molecule has 0 aromatic heterocycles. The predicted octanol–water partition coefficient (Wildman–Crippen LogP) is 0.992. The average Bonchev–Trinajstić information content (AvgIpc) is 2.42. The Morgan fingerprint density at radius 3 is 2.80 bits per heavy atom. The van der Waals surface area contributed by atoms with E-state index < -0.39 is 23.7 Å². The van der Waals surface area contributed by atoms with Crippen LogP contribution in [0.25, 0.3) is 0 Å². The standard InChI is InChI=1S/C13H13FN2O3S/c1-16-11(17)5-4-9(13(16)19)15-12(18)7-2-3-8(14)10(20)6-7/h2-3,6,9,20H,4-5H2,1H3,(H,15,18). The number of thiol groups is 1. The molecule has 106 valence electrons. The van der Waals surface area contributed by atoms with E-state index in [4.69, 9.17) is 0 Å². The van der Waals surface area contributed by atoms with Crippen molar-refractivity contribution in [2.24, 2.45) is 0 Å². The number of nitrogens with zero attached hydrogens (tertiary/aromatic N) is 1. The molecule has 0 spiro atoms. The van der Waals surface area contributed by atoms with Crippen molar-refractivity contribution < 1.29 is 18.8 Å². The third-order valence-corrected chi connectivity index (χ3v) is 3.51. The van der Waals surface area contributed by atoms with Crippen molar-refractivity contribution in [2.45, 2.75) is 23.8 Å². The molecule has 0 aliphatic carbocycles. The normalized spacial score (nSPS) is 19.1. The second-order valence-electron chi connectivity index (χ2n) is 4.52. The Bertz CT molecular complexity index is 591. The maximum atomic E-state index is 13.1. The van der Waals surface area contributed by atoms with Crippen LogP contribution in [0.15, 0.2) is 23.1 Å². The van der Waals surface area contributed by atoms with Gasteiger partial charge in [0.05, 0.1) is 0 Å². The molecule has 3 amide bonds. The quantitative estimate of drug-likeness (QED) is 0.632. The first-order valence-corrected chi connectivity index (χ1v) is 6.44. The molecule has 1 unspecified atom stereocenters. The lowest BCUT2D eigenvalue weighted by Crippen LogP contribution is -2.52. The molecule has 1 aromatic carbocycles. The van der Waals surface area contributed by atoms with Gasteiger partial charge in [0.2, 0.25) is 5.91 Å². The summed E-state index contributed by atoms with van der Waals surface area (Å²) in [7, 11) is 1.38. The van der Waals surface area contributed by atoms with Gasteiger partial charge in [-0.2, -0.15) is 0 Å². The summed E-state index contributed by atoms with van der Waals surface area (Å²) in [6, 6.07) is 3.00. The summed E-state index contributed by atoms with van der Waals surface area (Å²) in [6.45, 7) is 0. The highest BCUT2D eigenvalue weighted by atomic mass is 32.1. The minimum Gasteiger partial charge on any atom is -0.340 e. The first-order chi connectivity index (χ1) is 9.40. The highest BCUT2D eigenvalue weighted by Gasteiger charge is 2.32. The third kappa shape index (κ3) is 2.82. The number of hydrogen-bond donors (Lipinski definition) is 2. The first kappa shape index (κ1) is 14.5. The predicted molar refractivity (Wildman–Crippen MR) is 71.9 cm³/mol. The summed E-state index contributed by atoms with van der Waals surface area (Å²) in [5.41, 5.74) is 0.212. The van der Waals surface area contributed by atoms with Gasteiger partial charge in [-0.05, 0) is 24.6 Å². The number of halogens is 1. The van der Waals surface area contributed by atoms with Gasteiger partial charge in [-0.3, -0.25) is 19.3 Å². The number of hydrogen-bond acceptors (Lipinski definition) is 4. The van der Waals surface area contributed by atoms with E-state index in [1.165, 1.54) is 19.2 Å². The largest absolute Gasteiger partial charge is 0.340 e. The number of likely N-dealkylation sites (tertiary alicyclic amines) is 1. The van der Waals surface area contributed by atoms with Gasteiger partial charge in [-0.1, -0.05) is 0 Å². The molecule has 1 fully saturated rings. The monoisotopic (exact) mass is 296 g/mol. The smallest absolute Gasteiger partial charge is 0.251 e. The average molecular weight is 296 g/mol. The third-order valence-electron chi connectivity index (χ3n) is 3.16. The highest BCUT2D eigenvalue weighted by Crippen LogP contribution is 2.16. The molecule has 2 rings (SSSR count). The summed E-state index contributed by atoms with van der Waals surface area (Å²) >= 11 is 3.90. The lowest BCUT2D eigenvalue weighted by atomic mass is 10.0. The number of carbonyl (C=O) groups excluding carboxylic acids is 3. The molecule has 20 heavy (non-hydrogen) atoms. The molecule has 7 heteroatoms. The van der Waals surface area contributed by atoms with Gasteiger partial charge in [0.15, 0.2) is 0 Å². The molecule has 1 aliphatic heterocycles. The summed E-state index contributed by atoms with van der Waals surface area (Å²) < 4.78 is 13.1. The van der Waals surface area contributed by atoms with Crippen LogP contribution in [-0.4, -0.2) is 35.7 Å². The zero-order valence-corrected chi connectivity index (χ0v) is 11.6. The first-order valence-electron chi connectivity index (χ1n) is 6.00. The van der Waals surface area contributed by atoms with E-state index in [0.717, 1.165) is 11.0 Å². The number of nitrogens with one attached hydrogen (secondary N) is 1. The Morgan fingerprint density at radius 2 is 2.15 bits per heavy atom. The lowest BCUT2D eigenvalue weighted by Gasteiger charge is -2.28. The molecule has 1 N–H and O–H groups in total. The molecule has 5 nitrogen and oxygen atoms in total. The molecule has 1 saturated heterocycles. The van der Waals surface area contributed by atoms with Crippen LogP contribution < -0.4 is 5.32 Å². The summed E-state index contributed by atoms with van der Waals surface area (Å²) in [5.74, 6) is -1.73. The van der Waals surface area contributed by atoms with Crippen LogP contribution in [0.2, 0.25) is 0 Å². The van der Waals surface area contributed by atoms with Crippen molar-refractivity contribution in [3.63, 3.8) is 0 Å². The molecular formula is C13H13FN2O3S. The Kier molecular flexibility index (Phi) is 4.08. The second-order valence-corrected chi connectivity index (χ2v) is 5.00. The van der Waals surface area contributed by atoms with Gasteiger partial charge in [0.1, 0.15) is 11.9 Å². The molecular weight excluding hydrogens is 283 g/mol. The SMILES string of the molecule is CN1C(=O)CCC(NC(=O)c2ccc(F)c(S)c2)C1=O. The number of amides is 3. The Hall–Kier alpha value is -1.89. The van der Waals surface area contributed by atoms with Gasteiger partial charge >= 0.3 is 0 Å². The number of carbonyl (C=O) groups is 3. The van der Waals surface area contributed by atoms with E-state index in [9.17, 15) is 18.8 Å². The Morgan fingerprint density at radius 1 is 1.45 bits per heavy atom. The number of benzene rings is 1. The van der Waals surface area contributed by atoms with E-state index in [-0.39, 0.29) is 29.2 Å². The van der Waals surface area contributed by atoms with E-state index in [2.05, 4.69) is 17.9 Å². The second kappa shape index (κ2) is 5.62. The van der Waals surface area contributed by atoms with E-state index >= 15 is 0 Å². The number of rotatable bonds is 2. The summed E-state index contributed by atoms with van der Waals surface area (Å²) in [5, 5.41) is 2.54. The van der Waals surface area contributed by atoms with Crippen LogP contribution >= 0.6 is 12.6 Å².